The Bertz CT molecular complexity index is 701. The lowest BCUT2D eigenvalue weighted by Gasteiger charge is -2.10. The van der Waals surface area contributed by atoms with E-state index in [9.17, 15) is 0 Å². The van der Waals surface area contributed by atoms with E-state index in [1.165, 1.54) is 0 Å². The Labute approximate surface area is 176 Å². The number of rotatable bonds is 9. The Hall–Kier alpha value is -2.36. The molecule has 0 fully saturated rings. The third-order valence-electron chi connectivity index (χ3n) is 3.54. The van der Waals surface area contributed by atoms with Gasteiger partial charge in [0, 0.05) is 36.9 Å². The van der Waals surface area contributed by atoms with Gasteiger partial charge in [-0.15, -0.1) is 24.0 Å². The van der Waals surface area contributed by atoms with Gasteiger partial charge in [0.25, 0.3) is 0 Å². The second-order valence-electron chi connectivity index (χ2n) is 5.37. The predicted octanol–water partition coefficient (Wildman–Crippen LogP) is 3.53. The summed E-state index contributed by atoms with van der Waals surface area (Å²) in [4.78, 5) is 4.28. The van der Waals surface area contributed by atoms with E-state index in [0.29, 0.717) is 36.4 Å². The highest BCUT2D eigenvalue weighted by molar-refractivity contribution is 14.0. The second kappa shape index (κ2) is 12.1. The number of hydrogen-bond donors (Lipinski definition) is 2. The molecule has 0 aliphatic heterocycles. The molecule has 3 N–H and O–H groups in total. The lowest BCUT2D eigenvalue weighted by Crippen LogP contribution is -2.23. The fourth-order valence-corrected chi connectivity index (χ4v) is 2.18. The maximum atomic E-state index is 5.88. The van der Waals surface area contributed by atoms with Crippen molar-refractivity contribution in [3.8, 4) is 23.0 Å². The smallest absolute Gasteiger partial charge is 0.193 e. The summed E-state index contributed by atoms with van der Waals surface area (Å²) in [6.07, 6.45) is 0.727. The lowest BCUT2D eigenvalue weighted by atomic mass is 10.3. The molecule has 0 spiro atoms. The van der Waals surface area contributed by atoms with Crippen LogP contribution in [0.5, 0.6) is 23.0 Å². The second-order valence-corrected chi connectivity index (χ2v) is 5.37. The Balaban J connectivity index is 0.00000364. The zero-order valence-corrected chi connectivity index (χ0v) is 18.1. The minimum atomic E-state index is 0. The zero-order valence-electron chi connectivity index (χ0n) is 15.7. The molecule has 0 aliphatic rings. The van der Waals surface area contributed by atoms with E-state index in [1.807, 2.05) is 36.4 Å². The summed E-state index contributed by atoms with van der Waals surface area (Å²) in [5.74, 6) is 3.21. The number of aliphatic imine (C=N–C) groups is 1. The van der Waals surface area contributed by atoms with Gasteiger partial charge in [-0.05, 0) is 24.3 Å². The minimum absolute atomic E-state index is 0. The number of methoxy groups -OCH3 is 3. The van der Waals surface area contributed by atoms with Gasteiger partial charge in [-0.1, -0.05) is 0 Å². The summed E-state index contributed by atoms with van der Waals surface area (Å²) >= 11 is 0. The molecule has 0 bridgehead atoms. The first kappa shape index (κ1) is 22.7. The van der Waals surface area contributed by atoms with Gasteiger partial charge >= 0.3 is 0 Å². The fraction of sp³-hybridized carbons (Fsp3) is 0.316. The monoisotopic (exact) mass is 487 g/mol. The first-order chi connectivity index (χ1) is 12.6. The van der Waals surface area contributed by atoms with Crippen molar-refractivity contribution in [3.05, 3.63) is 42.5 Å². The summed E-state index contributed by atoms with van der Waals surface area (Å²) in [7, 11) is 4.83. The number of guanidine groups is 1. The fourth-order valence-electron chi connectivity index (χ4n) is 2.18. The molecule has 0 unspecified atom stereocenters. The largest absolute Gasteiger partial charge is 0.497 e. The van der Waals surface area contributed by atoms with Crippen LogP contribution in [0.15, 0.2) is 47.5 Å². The van der Waals surface area contributed by atoms with Gasteiger partial charge in [0.15, 0.2) is 5.96 Å². The van der Waals surface area contributed by atoms with Crippen molar-refractivity contribution in [2.24, 2.45) is 10.7 Å². The number of hydrogen-bond acceptors (Lipinski definition) is 5. The average Bonchev–Trinajstić information content (AvgIpc) is 2.68. The number of halogens is 1. The highest BCUT2D eigenvalue weighted by Gasteiger charge is 2.03. The van der Waals surface area contributed by atoms with E-state index < -0.39 is 0 Å². The summed E-state index contributed by atoms with van der Waals surface area (Å²) in [5.41, 5.74) is 6.73. The van der Waals surface area contributed by atoms with Crippen molar-refractivity contribution in [2.45, 2.75) is 6.42 Å². The van der Waals surface area contributed by atoms with Crippen LogP contribution in [0, 0.1) is 0 Å². The van der Waals surface area contributed by atoms with Crippen LogP contribution in [0.1, 0.15) is 6.42 Å². The molecule has 27 heavy (non-hydrogen) atoms. The van der Waals surface area contributed by atoms with Crippen LogP contribution in [0.2, 0.25) is 0 Å². The van der Waals surface area contributed by atoms with E-state index in [2.05, 4.69) is 10.3 Å². The van der Waals surface area contributed by atoms with Gasteiger partial charge in [0.05, 0.1) is 27.9 Å². The van der Waals surface area contributed by atoms with Crippen molar-refractivity contribution in [3.63, 3.8) is 0 Å². The van der Waals surface area contributed by atoms with Gasteiger partial charge in [-0.3, -0.25) is 4.99 Å². The molecular formula is C19H26IN3O4. The molecule has 0 heterocycles. The van der Waals surface area contributed by atoms with Gasteiger partial charge < -0.3 is 30.0 Å². The maximum Gasteiger partial charge on any atom is 0.193 e. The highest BCUT2D eigenvalue weighted by atomic mass is 127. The lowest BCUT2D eigenvalue weighted by molar-refractivity contribution is 0.307. The number of ether oxygens (including phenoxy) is 4. The molecular weight excluding hydrogens is 461 g/mol. The quantitative estimate of drug-likeness (QED) is 0.244. The molecule has 2 rings (SSSR count). The first-order valence-corrected chi connectivity index (χ1v) is 8.21. The van der Waals surface area contributed by atoms with Crippen LogP contribution in [-0.4, -0.2) is 40.4 Å². The van der Waals surface area contributed by atoms with E-state index in [4.69, 9.17) is 24.7 Å². The van der Waals surface area contributed by atoms with E-state index in [1.54, 1.807) is 27.4 Å². The molecule has 8 heteroatoms. The number of nitrogens with one attached hydrogen (secondary N) is 1. The molecule has 7 nitrogen and oxygen atoms in total. The molecule has 148 valence electrons. The number of anilines is 1. The van der Waals surface area contributed by atoms with Gasteiger partial charge in [-0.2, -0.15) is 0 Å². The zero-order chi connectivity index (χ0) is 18.8. The maximum absolute atomic E-state index is 5.88. The number of benzene rings is 2. The highest BCUT2D eigenvalue weighted by Crippen LogP contribution is 2.27. The molecule has 2 aromatic carbocycles. The third-order valence-corrected chi connectivity index (χ3v) is 3.54. The van der Waals surface area contributed by atoms with Crippen LogP contribution in [0.4, 0.5) is 5.69 Å². The van der Waals surface area contributed by atoms with Crippen LogP contribution in [0.3, 0.4) is 0 Å². The van der Waals surface area contributed by atoms with Crippen molar-refractivity contribution < 1.29 is 18.9 Å². The van der Waals surface area contributed by atoms with Gasteiger partial charge in [0.1, 0.15) is 23.0 Å². The Morgan fingerprint density at radius 3 is 2.00 bits per heavy atom. The molecule has 0 saturated heterocycles. The van der Waals surface area contributed by atoms with Crippen molar-refractivity contribution in [2.75, 3.05) is 39.8 Å². The summed E-state index contributed by atoms with van der Waals surface area (Å²) in [5, 5.41) is 3.03. The summed E-state index contributed by atoms with van der Waals surface area (Å²) in [6.45, 7) is 1.06. The van der Waals surface area contributed by atoms with Crippen molar-refractivity contribution in [1.29, 1.82) is 0 Å². The Morgan fingerprint density at radius 2 is 1.44 bits per heavy atom. The molecule has 0 radical (unpaired) electrons. The van der Waals surface area contributed by atoms with E-state index in [-0.39, 0.29) is 24.0 Å². The predicted molar refractivity (Wildman–Crippen MR) is 118 cm³/mol. The molecule has 0 saturated carbocycles. The van der Waals surface area contributed by atoms with Gasteiger partial charge in [-0.25, -0.2) is 0 Å². The molecule has 0 aliphatic carbocycles. The minimum Gasteiger partial charge on any atom is -0.497 e. The standard InChI is InChI=1S/C19H25N3O4.HI/c1-23-15-7-5-14(6-8-15)22-19(20)21-9-4-10-26-18-12-16(24-2)11-17(13-18)25-3;/h5-8,11-13H,4,9-10H2,1-3H3,(H3,20,21,22);1H. The number of nitrogens with two attached hydrogens (primary N) is 1. The topological polar surface area (TPSA) is 87.3 Å². The van der Waals surface area contributed by atoms with Crippen molar-refractivity contribution >= 4 is 35.6 Å². The third kappa shape index (κ3) is 7.81. The molecule has 0 aromatic heterocycles. The van der Waals surface area contributed by atoms with Crippen LogP contribution in [0.25, 0.3) is 0 Å². The first-order valence-electron chi connectivity index (χ1n) is 8.21. The molecule has 0 atom stereocenters. The Kier molecular flexibility index (Phi) is 10.2. The summed E-state index contributed by atoms with van der Waals surface area (Å²) < 4.78 is 21.3. The van der Waals surface area contributed by atoms with E-state index >= 15 is 0 Å². The SMILES string of the molecule is COc1ccc(NC(N)=NCCCOc2cc(OC)cc(OC)c2)cc1.I. The normalized spacial score (nSPS) is 10.6. The number of nitrogens with zero attached hydrogens (tertiary/aromatic N) is 1. The van der Waals surface area contributed by atoms with Crippen LogP contribution >= 0.6 is 24.0 Å². The Morgan fingerprint density at radius 1 is 0.889 bits per heavy atom. The van der Waals surface area contributed by atoms with Crippen molar-refractivity contribution in [1.82, 2.24) is 0 Å². The molecule has 2 aromatic rings. The van der Waals surface area contributed by atoms with Crippen LogP contribution < -0.4 is 30.0 Å². The average molecular weight is 487 g/mol. The molecule has 0 amide bonds. The van der Waals surface area contributed by atoms with Crippen LogP contribution in [-0.2, 0) is 0 Å². The summed E-state index contributed by atoms with van der Waals surface area (Å²) in [6, 6.07) is 12.9. The van der Waals surface area contributed by atoms with Gasteiger partial charge in [0.2, 0.25) is 0 Å². The van der Waals surface area contributed by atoms with E-state index in [0.717, 1.165) is 17.9 Å².